The summed E-state index contributed by atoms with van der Waals surface area (Å²) in [5.74, 6) is -0.103. The first-order chi connectivity index (χ1) is 13.0. The molecule has 2 fully saturated rings. The van der Waals surface area contributed by atoms with Gasteiger partial charge in [-0.15, -0.1) is 0 Å². The molecule has 1 saturated heterocycles. The molecule has 1 aliphatic carbocycles. The Morgan fingerprint density at radius 2 is 2.00 bits per heavy atom. The van der Waals surface area contributed by atoms with Gasteiger partial charge < -0.3 is 15.1 Å². The van der Waals surface area contributed by atoms with Gasteiger partial charge in [-0.3, -0.25) is 14.5 Å². The molecule has 0 unspecified atom stereocenters. The fourth-order valence-electron chi connectivity index (χ4n) is 4.11. The maximum Gasteiger partial charge on any atom is 0.325 e. The molecule has 2 aromatic rings. The molecule has 4 rings (SSSR count). The lowest BCUT2D eigenvalue weighted by Crippen LogP contribution is -2.44. The first-order valence-electron chi connectivity index (χ1n) is 9.42. The van der Waals surface area contributed by atoms with Gasteiger partial charge in [-0.05, 0) is 32.3 Å². The number of benzene rings is 1. The van der Waals surface area contributed by atoms with E-state index in [9.17, 15) is 14.4 Å². The Balaban J connectivity index is 1.32. The second kappa shape index (κ2) is 6.72. The van der Waals surface area contributed by atoms with Crippen molar-refractivity contribution in [3.63, 3.8) is 0 Å². The van der Waals surface area contributed by atoms with Crippen molar-refractivity contribution in [3.05, 3.63) is 35.6 Å². The van der Waals surface area contributed by atoms with Crippen molar-refractivity contribution in [2.45, 2.75) is 44.6 Å². The number of rotatable bonds is 5. The van der Waals surface area contributed by atoms with E-state index in [-0.39, 0.29) is 17.8 Å². The number of carbonyl (C=O) groups is 3. The number of hydrogen-bond acceptors (Lipinski definition) is 4. The first-order valence-corrected chi connectivity index (χ1v) is 9.42. The van der Waals surface area contributed by atoms with Gasteiger partial charge in [0.1, 0.15) is 11.1 Å². The zero-order valence-electron chi connectivity index (χ0n) is 15.3. The molecule has 1 aromatic carbocycles. The minimum absolute atomic E-state index is 0.121. The molecule has 1 saturated carbocycles. The number of carbonyl (C=O) groups excluding carboxylic acids is 3. The van der Waals surface area contributed by atoms with E-state index in [1.165, 1.54) is 4.90 Å². The summed E-state index contributed by atoms with van der Waals surface area (Å²) >= 11 is 0. The molecule has 1 aliphatic heterocycles. The van der Waals surface area contributed by atoms with Crippen molar-refractivity contribution in [1.29, 1.82) is 0 Å². The maximum atomic E-state index is 12.6. The lowest BCUT2D eigenvalue weighted by molar-refractivity contribution is -0.131. The van der Waals surface area contributed by atoms with Crippen LogP contribution in [0.15, 0.2) is 28.7 Å². The predicted octanol–water partition coefficient (Wildman–Crippen LogP) is 2.73. The number of imide groups is 1. The minimum atomic E-state index is -0.675. The number of furan rings is 1. The van der Waals surface area contributed by atoms with Gasteiger partial charge in [0.25, 0.3) is 11.8 Å². The second-order valence-electron chi connectivity index (χ2n) is 7.34. The normalized spacial score (nSPS) is 18.5. The molecule has 1 spiro atoms. The van der Waals surface area contributed by atoms with Gasteiger partial charge in [-0.1, -0.05) is 31.0 Å². The largest absolute Gasteiger partial charge is 0.451 e. The third-order valence-electron chi connectivity index (χ3n) is 5.60. The van der Waals surface area contributed by atoms with Crippen LogP contribution in [0.2, 0.25) is 0 Å². The van der Waals surface area contributed by atoms with Crippen LogP contribution in [-0.4, -0.2) is 41.4 Å². The summed E-state index contributed by atoms with van der Waals surface area (Å²) in [6.45, 7) is 2.51. The van der Waals surface area contributed by atoms with Crippen LogP contribution in [0.5, 0.6) is 0 Å². The van der Waals surface area contributed by atoms with Crippen LogP contribution in [0.4, 0.5) is 4.79 Å². The zero-order valence-corrected chi connectivity index (χ0v) is 15.3. The van der Waals surface area contributed by atoms with Crippen molar-refractivity contribution >= 4 is 28.8 Å². The van der Waals surface area contributed by atoms with E-state index in [0.717, 1.165) is 36.6 Å². The van der Waals surface area contributed by atoms with E-state index >= 15 is 0 Å². The van der Waals surface area contributed by atoms with Crippen LogP contribution in [0.3, 0.4) is 0 Å². The van der Waals surface area contributed by atoms with Gasteiger partial charge >= 0.3 is 6.03 Å². The van der Waals surface area contributed by atoms with Gasteiger partial charge in [0.15, 0.2) is 5.76 Å². The van der Waals surface area contributed by atoms with Crippen LogP contribution < -0.4 is 10.6 Å². The van der Waals surface area contributed by atoms with Crippen LogP contribution in [0.25, 0.3) is 11.0 Å². The number of urea groups is 1. The summed E-state index contributed by atoms with van der Waals surface area (Å²) in [4.78, 5) is 38.4. The third kappa shape index (κ3) is 2.97. The Hall–Kier alpha value is -2.83. The summed E-state index contributed by atoms with van der Waals surface area (Å²) in [6.07, 6.45) is 3.87. The number of para-hydroxylation sites is 1. The molecule has 7 nitrogen and oxygen atoms in total. The molecule has 7 heteroatoms. The SMILES string of the molecule is Cc1c(C(=O)NCCCN2C(=O)NC3(CCCC3)C2=O)oc2ccccc12. The molecule has 2 N–H and O–H groups in total. The van der Waals surface area contributed by atoms with E-state index in [4.69, 9.17) is 4.42 Å². The Kier molecular flexibility index (Phi) is 4.37. The zero-order chi connectivity index (χ0) is 19.0. The van der Waals surface area contributed by atoms with Gasteiger partial charge in [0.05, 0.1) is 0 Å². The molecule has 0 radical (unpaired) electrons. The second-order valence-corrected chi connectivity index (χ2v) is 7.34. The van der Waals surface area contributed by atoms with Crippen molar-refractivity contribution in [3.8, 4) is 0 Å². The fourth-order valence-corrected chi connectivity index (χ4v) is 4.11. The number of hydrogen-bond donors (Lipinski definition) is 2. The average molecular weight is 369 g/mol. The summed E-state index contributed by atoms with van der Waals surface area (Å²) in [6, 6.07) is 7.20. The van der Waals surface area contributed by atoms with Crippen molar-refractivity contribution in [2.75, 3.05) is 13.1 Å². The highest BCUT2D eigenvalue weighted by molar-refractivity contribution is 6.07. The van der Waals surface area contributed by atoms with Crippen LogP contribution in [0.1, 0.15) is 48.2 Å². The topological polar surface area (TPSA) is 91.7 Å². The number of nitrogens with one attached hydrogen (secondary N) is 2. The number of aryl methyl sites for hydroxylation is 1. The standard InChI is InChI=1S/C20H23N3O4/c1-13-14-7-2-3-8-15(14)27-16(13)17(24)21-11-6-12-23-18(25)20(22-19(23)26)9-4-5-10-20/h2-3,7-8H,4-6,9-12H2,1H3,(H,21,24)(H,22,26). The minimum Gasteiger partial charge on any atom is -0.451 e. The third-order valence-corrected chi connectivity index (χ3v) is 5.60. The Bertz CT molecular complexity index is 911. The maximum absolute atomic E-state index is 12.6. The highest BCUT2D eigenvalue weighted by Gasteiger charge is 2.51. The molecule has 1 aromatic heterocycles. The number of amides is 4. The van der Waals surface area contributed by atoms with E-state index in [1.807, 2.05) is 31.2 Å². The molecule has 2 aliphatic rings. The summed E-state index contributed by atoms with van der Waals surface area (Å²) < 4.78 is 5.65. The summed E-state index contributed by atoms with van der Waals surface area (Å²) in [7, 11) is 0. The van der Waals surface area contributed by atoms with Crippen molar-refractivity contribution in [2.24, 2.45) is 0 Å². The lowest BCUT2D eigenvalue weighted by Gasteiger charge is -2.20. The van der Waals surface area contributed by atoms with Crippen molar-refractivity contribution in [1.82, 2.24) is 15.5 Å². The molecule has 2 heterocycles. The average Bonchev–Trinajstić information content (AvgIpc) is 3.32. The molecule has 0 bridgehead atoms. The molecular formula is C20H23N3O4. The molecule has 27 heavy (non-hydrogen) atoms. The highest BCUT2D eigenvalue weighted by atomic mass is 16.3. The lowest BCUT2D eigenvalue weighted by atomic mass is 9.98. The van der Waals surface area contributed by atoms with E-state index < -0.39 is 5.54 Å². The smallest absolute Gasteiger partial charge is 0.325 e. The number of nitrogens with zero attached hydrogens (tertiary/aromatic N) is 1. The molecule has 0 atom stereocenters. The Morgan fingerprint density at radius 1 is 1.26 bits per heavy atom. The first kappa shape index (κ1) is 17.6. The molecule has 4 amide bonds. The van der Waals surface area contributed by atoms with Gasteiger partial charge in [-0.25, -0.2) is 4.79 Å². The van der Waals surface area contributed by atoms with Crippen molar-refractivity contribution < 1.29 is 18.8 Å². The van der Waals surface area contributed by atoms with E-state index in [0.29, 0.717) is 30.9 Å². The summed E-state index contributed by atoms with van der Waals surface area (Å²) in [5.41, 5.74) is 0.813. The Labute approximate surface area is 157 Å². The van der Waals surface area contributed by atoms with E-state index in [2.05, 4.69) is 10.6 Å². The highest BCUT2D eigenvalue weighted by Crippen LogP contribution is 2.35. The quantitative estimate of drug-likeness (QED) is 0.626. The van der Waals surface area contributed by atoms with Crippen LogP contribution in [-0.2, 0) is 4.79 Å². The Morgan fingerprint density at radius 3 is 2.74 bits per heavy atom. The van der Waals surface area contributed by atoms with Gasteiger partial charge in [-0.2, -0.15) is 0 Å². The number of fused-ring (bicyclic) bond motifs is 1. The molecule has 142 valence electrons. The van der Waals surface area contributed by atoms with Crippen LogP contribution in [0, 0.1) is 6.92 Å². The van der Waals surface area contributed by atoms with Crippen LogP contribution >= 0.6 is 0 Å². The fraction of sp³-hybridized carbons (Fsp3) is 0.450. The molecular weight excluding hydrogens is 346 g/mol. The van der Waals surface area contributed by atoms with E-state index in [1.54, 1.807) is 0 Å². The van der Waals surface area contributed by atoms with Gasteiger partial charge in [0.2, 0.25) is 0 Å². The monoisotopic (exact) mass is 369 g/mol. The summed E-state index contributed by atoms with van der Waals surface area (Å²) in [5, 5.41) is 6.60. The predicted molar refractivity (Wildman–Crippen MR) is 99.3 cm³/mol. The van der Waals surface area contributed by atoms with Gasteiger partial charge in [0, 0.05) is 24.0 Å².